The first-order valence-corrected chi connectivity index (χ1v) is 6.44. The van der Waals surface area contributed by atoms with Crippen LogP contribution in [0.2, 0.25) is 0 Å². The zero-order valence-electron chi connectivity index (χ0n) is 10.3. The van der Waals surface area contributed by atoms with E-state index in [1.165, 1.54) is 11.1 Å². The maximum atomic E-state index is 11.8. The van der Waals surface area contributed by atoms with Crippen molar-refractivity contribution in [3.05, 3.63) is 53.6 Å². The topological polar surface area (TPSA) is 34.9 Å². The van der Waals surface area contributed by atoms with Crippen LogP contribution in [0.1, 0.15) is 34.3 Å². The summed E-state index contributed by atoms with van der Waals surface area (Å²) in [6.45, 7) is 0.921. The summed E-state index contributed by atoms with van der Waals surface area (Å²) in [4.78, 5) is 15.8. The van der Waals surface area contributed by atoms with Gasteiger partial charge in [0.05, 0.1) is 0 Å². The van der Waals surface area contributed by atoms with Gasteiger partial charge in [-0.05, 0) is 42.5 Å². The summed E-state index contributed by atoms with van der Waals surface area (Å²) in [7, 11) is 0. The summed E-state index contributed by atoms with van der Waals surface area (Å²) in [5, 5.41) is 0. The lowest BCUT2D eigenvalue weighted by atomic mass is 9.95. The van der Waals surface area contributed by atoms with Crippen molar-refractivity contribution < 1.29 is 4.79 Å². The van der Waals surface area contributed by atoms with Gasteiger partial charge >= 0.3 is 0 Å². The van der Waals surface area contributed by atoms with Gasteiger partial charge in [-0.15, -0.1) is 0 Å². The molecule has 0 saturated heterocycles. The van der Waals surface area contributed by atoms with E-state index in [1.54, 1.807) is 0 Å². The molecule has 0 aromatic carbocycles. The molecule has 0 amide bonds. The molecule has 3 rings (SSSR count). The SMILES string of the molecule is O=C1CCCc2cn(CCc3ccncc3)cc21. The molecule has 0 atom stereocenters. The zero-order chi connectivity index (χ0) is 12.4. The Kier molecular flexibility index (Phi) is 2.97. The van der Waals surface area contributed by atoms with Crippen LogP contribution in [0.25, 0.3) is 0 Å². The number of nitrogens with zero attached hydrogens (tertiary/aromatic N) is 2. The van der Waals surface area contributed by atoms with Crippen LogP contribution in [0.15, 0.2) is 36.9 Å². The molecule has 1 aliphatic carbocycles. The summed E-state index contributed by atoms with van der Waals surface area (Å²) in [6, 6.07) is 4.07. The summed E-state index contributed by atoms with van der Waals surface area (Å²) < 4.78 is 2.15. The number of carbonyl (C=O) groups is 1. The van der Waals surface area contributed by atoms with Crippen LogP contribution in [0.4, 0.5) is 0 Å². The lowest BCUT2D eigenvalue weighted by Gasteiger charge is -2.07. The highest BCUT2D eigenvalue weighted by molar-refractivity contribution is 5.98. The Hall–Kier alpha value is -1.90. The van der Waals surface area contributed by atoms with E-state index in [0.717, 1.165) is 31.4 Å². The van der Waals surface area contributed by atoms with Gasteiger partial charge in [0.15, 0.2) is 5.78 Å². The highest BCUT2D eigenvalue weighted by Gasteiger charge is 2.18. The van der Waals surface area contributed by atoms with Crippen LogP contribution < -0.4 is 0 Å². The van der Waals surface area contributed by atoms with E-state index in [0.29, 0.717) is 12.2 Å². The Morgan fingerprint density at radius 2 is 2.00 bits per heavy atom. The minimum absolute atomic E-state index is 0.305. The van der Waals surface area contributed by atoms with Gasteiger partial charge in [-0.1, -0.05) is 0 Å². The molecule has 0 saturated carbocycles. The number of hydrogen-bond acceptors (Lipinski definition) is 2. The molecule has 1 aliphatic rings. The van der Waals surface area contributed by atoms with Crippen LogP contribution in [0.5, 0.6) is 0 Å². The fourth-order valence-corrected chi connectivity index (χ4v) is 2.52. The molecule has 2 aromatic heterocycles. The molecule has 0 unspecified atom stereocenters. The number of hydrogen-bond donors (Lipinski definition) is 0. The maximum absolute atomic E-state index is 11.8. The van der Waals surface area contributed by atoms with Crippen molar-refractivity contribution in [2.45, 2.75) is 32.2 Å². The molecule has 0 radical (unpaired) electrons. The van der Waals surface area contributed by atoms with Gasteiger partial charge in [0, 0.05) is 43.3 Å². The molecule has 0 fully saturated rings. The lowest BCUT2D eigenvalue weighted by Crippen LogP contribution is -2.07. The van der Waals surface area contributed by atoms with E-state index in [4.69, 9.17) is 0 Å². The Morgan fingerprint density at radius 1 is 1.17 bits per heavy atom. The molecule has 18 heavy (non-hydrogen) atoms. The molecular formula is C15H16N2O. The summed E-state index contributed by atoms with van der Waals surface area (Å²) in [5.74, 6) is 0.305. The molecular weight excluding hydrogens is 224 g/mol. The molecule has 0 bridgehead atoms. The number of aromatic nitrogens is 2. The molecule has 2 aromatic rings. The second-order valence-corrected chi connectivity index (χ2v) is 4.82. The first-order valence-electron chi connectivity index (χ1n) is 6.44. The predicted octanol–water partition coefficient (Wildman–Crippen LogP) is 2.64. The van der Waals surface area contributed by atoms with Gasteiger partial charge in [-0.3, -0.25) is 9.78 Å². The molecule has 3 nitrogen and oxygen atoms in total. The van der Waals surface area contributed by atoms with E-state index in [1.807, 2.05) is 30.7 Å². The van der Waals surface area contributed by atoms with Crippen molar-refractivity contribution >= 4 is 5.78 Å². The van der Waals surface area contributed by atoms with Crippen LogP contribution >= 0.6 is 0 Å². The smallest absolute Gasteiger partial charge is 0.164 e. The second-order valence-electron chi connectivity index (χ2n) is 4.82. The number of rotatable bonds is 3. The highest BCUT2D eigenvalue weighted by atomic mass is 16.1. The fourth-order valence-electron chi connectivity index (χ4n) is 2.52. The summed E-state index contributed by atoms with van der Waals surface area (Å²) >= 11 is 0. The summed E-state index contributed by atoms with van der Waals surface area (Å²) in [6.07, 6.45) is 11.5. The Bertz CT molecular complexity index is 557. The van der Waals surface area contributed by atoms with Crippen LogP contribution in [0, 0.1) is 0 Å². The van der Waals surface area contributed by atoms with E-state index < -0.39 is 0 Å². The van der Waals surface area contributed by atoms with E-state index in [2.05, 4.69) is 15.7 Å². The van der Waals surface area contributed by atoms with Gasteiger partial charge in [-0.2, -0.15) is 0 Å². The quantitative estimate of drug-likeness (QED) is 0.826. The van der Waals surface area contributed by atoms with Gasteiger partial charge in [0.25, 0.3) is 0 Å². The van der Waals surface area contributed by atoms with E-state index in [-0.39, 0.29) is 0 Å². The van der Waals surface area contributed by atoms with Gasteiger partial charge in [-0.25, -0.2) is 0 Å². The average Bonchev–Trinajstić information content (AvgIpc) is 2.82. The third kappa shape index (κ3) is 2.21. The number of aryl methyl sites for hydroxylation is 3. The van der Waals surface area contributed by atoms with Crippen molar-refractivity contribution in [2.75, 3.05) is 0 Å². The van der Waals surface area contributed by atoms with Crippen molar-refractivity contribution in [1.29, 1.82) is 0 Å². The Labute approximate surface area is 106 Å². The third-order valence-corrected chi connectivity index (χ3v) is 3.52. The molecule has 2 heterocycles. The van der Waals surface area contributed by atoms with Gasteiger partial charge in [0.2, 0.25) is 0 Å². The number of Topliss-reactive ketones (excluding diaryl/α,β-unsaturated/α-hetero) is 1. The minimum atomic E-state index is 0.305. The number of pyridine rings is 1. The lowest BCUT2D eigenvalue weighted by molar-refractivity contribution is 0.0973. The monoisotopic (exact) mass is 240 g/mol. The first kappa shape index (κ1) is 11.2. The van der Waals surface area contributed by atoms with Crippen LogP contribution in [0.3, 0.4) is 0 Å². The number of fused-ring (bicyclic) bond motifs is 1. The van der Waals surface area contributed by atoms with Crippen molar-refractivity contribution in [3.63, 3.8) is 0 Å². The van der Waals surface area contributed by atoms with Crippen molar-refractivity contribution in [3.8, 4) is 0 Å². The largest absolute Gasteiger partial charge is 0.353 e. The normalized spacial score (nSPS) is 14.6. The van der Waals surface area contributed by atoms with Gasteiger partial charge < -0.3 is 4.57 Å². The molecule has 3 heteroatoms. The van der Waals surface area contributed by atoms with Crippen LogP contribution in [-0.2, 0) is 19.4 Å². The van der Waals surface area contributed by atoms with Crippen molar-refractivity contribution in [1.82, 2.24) is 9.55 Å². The number of ketones is 1. The molecule has 92 valence electrons. The zero-order valence-corrected chi connectivity index (χ0v) is 10.3. The second kappa shape index (κ2) is 4.77. The standard InChI is InChI=1S/C15H16N2O/c18-15-3-1-2-13-10-17(11-14(13)15)9-6-12-4-7-16-8-5-12/h4-5,7-8,10-11H,1-3,6,9H2. The Morgan fingerprint density at radius 3 is 2.78 bits per heavy atom. The maximum Gasteiger partial charge on any atom is 0.164 e. The minimum Gasteiger partial charge on any atom is -0.353 e. The molecule has 0 N–H and O–H groups in total. The van der Waals surface area contributed by atoms with E-state index in [9.17, 15) is 4.79 Å². The third-order valence-electron chi connectivity index (χ3n) is 3.52. The molecule has 0 aliphatic heterocycles. The van der Waals surface area contributed by atoms with E-state index >= 15 is 0 Å². The fraction of sp³-hybridized carbons (Fsp3) is 0.333. The predicted molar refractivity (Wildman–Crippen MR) is 69.6 cm³/mol. The van der Waals surface area contributed by atoms with Crippen LogP contribution in [-0.4, -0.2) is 15.3 Å². The van der Waals surface area contributed by atoms with Crippen molar-refractivity contribution in [2.24, 2.45) is 0 Å². The highest BCUT2D eigenvalue weighted by Crippen LogP contribution is 2.22. The average molecular weight is 240 g/mol. The molecule has 0 spiro atoms. The first-order chi connectivity index (χ1) is 8.83. The Balaban J connectivity index is 1.72. The summed E-state index contributed by atoms with van der Waals surface area (Å²) in [5.41, 5.74) is 3.44. The van der Waals surface area contributed by atoms with Gasteiger partial charge in [0.1, 0.15) is 0 Å². The number of carbonyl (C=O) groups excluding carboxylic acids is 1.